The van der Waals surface area contributed by atoms with E-state index in [0.29, 0.717) is 35.8 Å². The van der Waals surface area contributed by atoms with Crippen molar-refractivity contribution in [1.29, 1.82) is 0 Å². The van der Waals surface area contributed by atoms with Crippen LogP contribution < -0.4 is 5.73 Å². The molecule has 134 valence electrons. The van der Waals surface area contributed by atoms with Crippen LogP contribution in [0.3, 0.4) is 0 Å². The van der Waals surface area contributed by atoms with E-state index < -0.39 is 0 Å². The van der Waals surface area contributed by atoms with Gasteiger partial charge in [-0.3, -0.25) is 4.98 Å². The van der Waals surface area contributed by atoms with Crippen molar-refractivity contribution in [2.75, 3.05) is 5.73 Å². The Morgan fingerprint density at radius 1 is 1.15 bits per heavy atom. The number of hydrogen-bond donors (Lipinski definition) is 1. The molecule has 0 aliphatic heterocycles. The highest BCUT2D eigenvalue weighted by molar-refractivity contribution is 5.62. The minimum atomic E-state index is -0.190. The first-order valence-electron chi connectivity index (χ1n) is 8.98. The lowest BCUT2D eigenvalue weighted by molar-refractivity contribution is 0.414. The van der Waals surface area contributed by atoms with Crippen molar-refractivity contribution < 1.29 is 4.39 Å². The van der Waals surface area contributed by atoms with Gasteiger partial charge in [-0.1, -0.05) is 12.5 Å². The Morgan fingerprint density at radius 2 is 2.00 bits per heavy atom. The molecule has 2 heterocycles. The fourth-order valence-electron chi connectivity index (χ4n) is 3.52. The van der Waals surface area contributed by atoms with E-state index in [-0.39, 0.29) is 5.82 Å². The number of aryl methyl sites for hydroxylation is 2. The monoisotopic (exact) mass is 351 g/mol. The van der Waals surface area contributed by atoms with Crippen LogP contribution in [0.25, 0.3) is 11.3 Å². The van der Waals surface area contributed by atoms with Gasteiger partial charge >= 0.3 is 0 Å². The summed E-state index contributed by atoms with van der Waals surface area (Å²) in [5.74, 6) is 0.606. The van der Waals surface area contributed by atoms with Gasteiger partial charge in [-0.25, -0.2) is 14.4 Å². The number of rotatable bonds is 5. The van der Waals surface area contributed by atoms with Gasteiger partial charge in [0.25, 0.3) is 0 Å². The number of halogens is 1. The van der Waals surface area contributed by atoms with Gasteiger partial charge < -0.3 is 10.3 Å². The summed E-state index contributed by atoms with van der Waals surface area (Å²) in [7, 11) is 1.94. The predicted molar refractivity (Wildman–Crippen MR) is 99.0 cm³/mol. The van der Waals surface area contributed by atoms with Crippen LogP contribution in [-0.4, -0.2) is 19.5 Å². The van der Waals surface area contributed by atoms with Crippen LogP contribution in [-0.2, 0) is 19.9 Å². The van der Waals surface area contributed by atoms with Crippen LogP contribution in [0.5, 0.6) is 0 Å². The van der Waals surface area contributed by atoms with E-state index in [1.165, 1.54) is 18.8 Å². The van der Waals surface area contributed by atoms with E-state index in [0.717, 1.165) is 29.7 Å². The first-order chi connectivity index (χ1) is 12.6. The topological polar surface area (TPSA) is 69.6 Å². The number of aromatic nitrogens is 4. The molecule has 1 aliphatic carbocycles. The Balaban J connectivity index is 1.70. The number of anilines is 1. The third-order valence-electron chi connectivity index (χ3n) is 5.16. The fraction of sp³-hybridized carbons (Fsp3) is 0.350. The largest absolute Gasteiger partial charge is 0.382 e. The summed E-state index contributed by atoms with van der Waals surface area (Å²) in [5, 5.41) is 0. The molecule has 2 aromatic heterocycles. The average Bonchev–Trinajstić information content (AvgIpc) is 2.99. The van der Waals surface area contributed by atoms with Gasteiger partial charge in [-0.2, -0.15) is 0 Å². The maximum Gasteiger partial charge on any atom is 0.141 e. The highest BCUT2D eigenvalue weighted by atomic mass is 19.1. The number of imidazole rings is 1. The first kappa shape index (κ1) is 16.7. The number of hydrogen-bond acceptors (Lipinski definition) is 4. The molecule has 0 amide bonds. The molecule has 1 aliphatic rings. The molecule has 1 aromatic carbocycles. The molecular formula is C20H22FN5. The van der Waals surface area contributed by atoms with Crippen LogP contribution in [0, 0.1) is 5.82 Å². The van der Waals surface area contributed by atoms with Crippen molar-refractivity contribution in [2.24, 2.45) is 7.05 Å². The molecule has 5 nitrogen and oxygen atoms in total. The average molecular weight is 351 g/mol. The van der Waals surface area contributed by atoms with E-state index in [4.69, 9.17) is 5.73 Å². The quantitative estimate of drug-likeness (QED) is 0.762. The van der Waals surface area contributed by atoms with Gasteiger partial charge in [-0.15, -0.1) is 0 Å². The summed E-state index contributed by atoms with van der Waals surface area (Å²) in [5.41, 5.74) is 9.49. The fourth-order valence-corrected chi connectivity index (χ4v) is 3.52. The molecule has 2 N–H and O–H groups in total. The summed E-state index contributed by atoms with van der Waals surface area (Å²) < 4.78 is 17.3. The minimum absolute atomic E-state index is 0.190. The predicted octanol–water partition coefficient (Wildman–Crippen LogP) is 3.65. The lowest BCUT2D eigenvalue weighted by atomic mass is 9.77. The van der Waals surface area contributed by atoms with Crippen molar-refractivity contribution in [2.45, 2.75) is 38.0 Å². The molecule has 0 radical (unpaired) electrons. The van der Waals surface area contributed by atoms with Crippen molar-refractivity contribution in [3.8, 4) is 11.3 Å². The summed E-state index contributed by atoms with van der Waals surface area (Å²) in [6.45, 7) is 0. The lowest BCUT2D eigenvalue weighted by Crippen LogP contribution is -2.13. The van der Waals surface area contributed by atoms with Crippen molar-refractivity contribution in [1.82, 2.24) is 19.5 Å². The van der Waals surface area contributed by atoms with Crippen LogP contribution in [0.1, 0.15) is 42.0 Å². The van der Waals surface area contributed by atoms with Gasteiger partial charge in [0.15, 0.2) is 0 Å². The normalized spacial score (nSPS) is 14.4. The van der Waals surface area contributed by atoms with Crippen molar-refractivity contribution in [3.63, 3.8) is 0 Å². The summed E-state index contributed by atoms with van der Waals surface area (Å²) >= 11 is 0. The maximum absolute atomic E-state index is 15.4. The molecule has 3 aromatic rings. The minimum Gasteiger partial charge on any atom is -0.382 e. The summed E-state index contributed by atoms with van der Waals surface area (Å²) in [6, 6.07) is 3.89. The van der Waals surface area contributed by atoms with E-state index in [1.54, 1.807) is 6.33 Å². The summed E-state index contributed by atoms with van der Waals surface area (Å²) in [6.07, 6.45) is 11.6. The molecule has 0 atom stereocenters. The molecular weight excluding hydrogens is 329 g/mol. The molecule has 4 rings (SSSR count). The Labute approximate surface area is 152 Å². The Hall–Kier alpha value is -2.76. The maximum atomic E-state index is 15.4. The smallest absolute Gasteiger partial charge is 0.141 e. The first-order valence-corrected chi connectivity index (χ1v) is 8.98. The third-order valence-corrected chi connectivity index (χ3v) is 5.16. The Bertz CT molecular complexity index is 912. The molecule has 26 heavy (non-hydrogen) atoms. The van der Waals surface area contributed by atoms with E-state index >= 15 is 4.39 Å². The second-order valence-electron chi connectivity index (χ2n) is 6.98. The number of nitrogens with two attached hydrogens (primary N) is 1. The van der Waals surface area contributed by atoms with E-state index in [1.807, 2.05) is 23.9 Å². The van der Waals surface area contributed by atoms with Gasteiger partial charge in [0.1, 0.15) is 11.6 Å². The SMILES string of the molecule is Cn1cnc(CCc2c(C3CCC3)ccc(-c3cnc(N)cn3)c2F)c1. The number of nitrogens with zero attached hydrogens (tertiary/aromatic N) is 4. The van der Waals surface area contributed by atoms with Crippen LogP contribution >= 0.6 is 0 Å². The second-order valence-corrected chi connectivity index (χ2v) is 6.98. The number of nitrogen functional groups attached to an aromatic ring is 1. The van der Waals surface area contributed by atoms with E-state index in [2.05, 4.69) is 21.0 Å². The van der Waals surface area contributed by atoms with Crippen molar-refractivity contribution in [3.05, 3.63) is 59.7 Å². The highest BCUT2D eigenvalue weighted by Gasteiger charge is 2.25. The second kappa shape index (κ2) is 6.86. The Kier molecular flexibility index (Phi) is 4.41. The third kappa shape index (κ3) is 3.19. The highest BCUT2D eigenvalue weighted by Crippen LogP contribution is 2.40. The lowest BCUT2D eigenvalue weighted by Gasteiger charge is -2.28. The van der Waals surface area contributed by atoms with Gasteiger partial charge in [0, 0.05) is 18.8 Å². The molecule has 6 heteroatoms. The van der Waals surface area contributed by atoms with Gasteiger partial charge in [0.05, 0.1) is 30.1 Å². The molecule has 1 fully saturated rings. The van der Waals surface area contributed by atoms with E-state index in [9.17, 15) is 0 Å². The van der Waals surface area contributed by atoms with Gasteiger partial charge in [-0.05, 0) is 48.8 Å². The van der Waals surface area contributed by atoms with Crippen LogP contribution in [0.2, 0.25) is 0 Å². The zero-order valence-corrected chi connectivity index (χ0v) is 14.8. The standard InChI is InChI=1S/C20H22FN5/c1-26-11-14(25-12-26)5-6-16-15(13-3-2-4-13)7-8-17(20(16)21)18-9-24-19(22)10-23-18/h7-13H,2-6H2,1H3,(H2,22,24). The molecule has 0 unspecified atom stereocenters. The molecule has 1 saturated carbocycles. The molecule has 0 saturated heterocycles. The zero-order chi connectivity index (χ0) is 18.1. The van der Waals surface area contributed by atoms with Gasteiger partial charge in [0.2, 0.25) is 0 Å². The van der Waals surface area contributed by atoms with Crippen LogP contribution in [0.4, 0.5) is 10.2 Å². The Morgan fingerprint density at radius 3 is 2.62 bits per heavy atom. The molecule has 0 bridgehead atoms. The molecule has 0 spiro atoms. The summed E-state index contributed by atoms with van der Waals surface area (Å²) in [4.78, 5) is 12.6. The number of benzene rings is 1. The van der Waals surface area contributed by atoms with Crippen LogP contribution in [0.15, 0.2) is 37.1 Å². The zero-order valence-electron chi connectivity index (χ0n) is 14.8. The van der Waals surface area contributed by atoms with Crippen molar-refractivity contribution >= 4 is 5.82 Å².